The Morgan fingerprint density at radius 1 is 1.32 bits per heavy atom. The van der Waals surface area contributed by atoms with Crippen molar-refractivity contribution in [2.45, 2.75) is 19.9 Å². The molecule has 0 spiro atoms. The summed E-state index contributed by atoms with van der Waals surface area (Å²) in [6.45, 7) is 4.06. The van der Waals surface area contributed by atoms with Gasteiger partial charge < -0.3 is 16.0 Å². The lowest BCUT2D eigenvalue weighted by atomic mass is 10.3. The molecule has 1 aromatic rings. The summed E-state index contributed by atoms with van der Waals surface area (Å²) in [5.74, 6) is -0.465. The molecule has 0 bridgehead atoms. The number of hydrogen-bond acceptors (Lipinski definition) is 3. The van der Waals surface area contributed by atoms with E-state index in [0.717, 1.165) is 0 Å². The van der Waals surface area contributed by atoms with Crippen molar-refractivity contribution in [2.24, 2.45) is 0 Å². The minimum absolute atomic E-state index is 0.0630. The van der Waals surface area contributed by atoms with Gasteiger partial charge in [-0.1, -0.05) is 23.7 Å². The number of carbonyl (C=O) groups excluding carboxylic acids is 2. The number of halogens is 1. The van der Waals surface area contributed by atoms with Crippen LogP contribution in [0, 0.1) is 0 Å². The lowest BCUT2D eigenvalue weighted by Gasteiger charge is -2.14. The largest absolute Gasteiger partial charge is 0.375 e. The molecule has 0 aliphatic carbocycles. The van der Waals surface area contributed by atoms with E-state index in [2.05, 4.69) is 16.0 Å². The van der Waals surface area contributed by atoms with E-state index in [1.54, 1.807) is 19.1 Å². The van der Waals surface area contributed by atoms with Crippen LogP contribution in [-0.4, -0.2) is 30.9 Å². The van der Waals surface area contributed by atoms with Gasteiger partial charge in [0.15, 0.2) is 0 Å². The second-order valence-corrected chi connectivity index (χ2v) is 4.42. The molecular weight excluding hydrogens is 266 g/mol. The van der Waals surface area contributed by atoms with Crippen molar-refractivity contribution in [3.63, 3.8) is 0 Å². The molecule has 3 N–H and O–H groups in total. The third kappa shape index (κ3) is 5.18. The fourth-order valence-corrected chi connectivity index (χ4v) is 1.67. The maximum atomic E-state index is 11.7. The zero-order chi connectivity index (χ0) is 14.3. The molecule has 0 aromatic heterocycles. The average Bonchev–Trinajstić information content (AvgIpc) is 2.38. The fraction of sp³-hybridized carbons (Fsp3) is 0.385. The van der Waals surface area contributed by atoms with Crippen LogP contribution in [0.15, 0.2) is 24.3 Å². The first-order valence-electron chi connectivity index (χ1n) is 6.10. The number of carbonyl (C=O) groups is 2. The lowest BCUT2D eigenvalue weighted by Crippen LogP contribution is -2.46. The van der Waals surface area contributed by atoms with Crippen molar-refractivity contribution in [1.29, 1.82) is 0 Å². The molecule has 1 unspecified atom stereocenters. The van der Waals surface area contributed by atoms with Gasteiger partial charge in [0.05, 0.1) is 17.3 Å². The van der Waals surface area contributed by atoms with Crippen molar-refractivity contribution in [2.75, 3.05) is 18.4 Å². The highest BCUT2D eigenvalue weighted by Crippen LogP contribution is 2.19. The third-order valence-electron chi connectivity index (χ3n) is 2.44. The Bertz CT molecular complexity index is 451. The number of para-hydroxylation sites is 1. The van der Waals surface area contributed by atoms with Gasteiger partial charge in [0.2, 0.25) is 11.8 Å². The van der Waals surface area contributed by atoms with Gasteiger partial charge in [0.1, 0.15) is 6.04 Å². The molecule has 0 radical (unpaired) electrons. The zero-order valence-electron chi connectivity index (χ0n) is 11.0. The maximum Gasteiger partial charge on any atom is 0.242 e. The summed E-state index contributed by atoms with van der Waals surface area (Å²) in [5.41, 5.74) is 0.685. The number of hydrogen-bond donors (Lipinski definition) is 3. The first-order chi connectivity index (χ1) is 9.04. The molecule has 19 heavy (non-hydrogen) atoms. The van der Waals surface area contributed by atoms with E-state index in [1.807, 2.05) is 19.1 Å². The van der Waals surface area contributed by atoms with Crippen LogP contribution >= 0.6 is 11.6 Å². The number of benzene rings is 1. The van der Waals surface area contributed by atoms with Gasteiger partial charge in [-0.15, -0.1) is 0 Å². The van der Waals surface area contributed by atoms with Gasteiger partial charge in [0.25, 0.3) is 0 Å². The predicted molar refractivity (Wildman–Crippen MR) is 76.2 cm³/mol. The molecule has 2 amide bonds. The Labute approximate surface area is 117 Å². The second-order valence-electron chi connectivity index (χ2n) is 4.02. The molecule has 1 rings (SSSR count). The van der Waals surface area contributed by atoms with E-state index in [4.69, 9.17) is 11.6 Å². The van der Waals surface area contributed by atoms with E-state index in [0.29, 0.717) is 17.3 Å². The number of likely N-dealkylation sites (N-methyl/N-ethyl adjacent to an activating group) is 1. The molecular formula is C13H18ClN3O2. The topological polar surface area (TPSA) is 70.2 Å². The van der Waals surface area contributed by atoms with Crippen LogP contribution in [-0.2, 0) is 9.59 Å². The van der Waals surface area contributed by atoms with E-state index >= 15 is 0 Å². The normalized spacial score (nSPS) is 11.5. The smallest absolute Gasteiger partial charge is 0.242 e. The van der Waals surface area contributed by atoms with Gasteiger partial charge in [-0.25, -0.2) is 0 Å². The fourth-order valence-electron chi connectivity index (χ4n) is 1.47. The van der Waals surface area contributed by atoms with Crippen molar-refractivity contribution in [3.8, 4) is 0 Å². The molecule has 1 aromatic carbocycles. The van der Waals surface area contributed by atoms with Crippen molar-refractivity contribution >= 4 is 29.1 Å². The molecule has 104 valence electrons. The average molecular weight is 284 g/mol. The van der Waals surface area contributed by atoms with E-state index in [-0.39, 0.29) is 18.4 Å². The van der Waals surface area contributed by atoms with Gasteiger partial charge in [-0.05, 0) is 26.0 Å². The lowest BCUT2D eigenvalue weighted by molar-refractivity contribution is -0.127. The summed E-state index contributed by atoms with van der Waals surface area (Å²) >= 11 is 5.95. The van der Waals surface area contributed by atoms with Gasteiger partial charge >= 0.3 is 0 Å². The summed E-state index contributed by atoms with van der Waals surface area (Å²) in [4.78, 5) is 23.1. The summed E-state index contributed by atoms with van der Waals surface area (Å²) < 4.78 is 0. The minimum atomic E-state index is -0.555. The van der Waals surface area contributed by atoms with Crippen LogP contribution in [0.3, 0.4) is 0 Å². The third-order valence-corrected chi connectivity index (χ3v) is 2.76. The predicted octanol–water partition coefficient (Wildman–Crippen LogP) is 1.39. The van der Waals surface area contributed by atoms with E-state index < -0.39 is 6.04 Å². The number of amides is 2. The standard InChI is InChI=1S/C13H18ClN3O2/c1-3-15-13(19)9(2)17-12(18)8-16-11-7-5-4-6-10(11)14/h4-7,9,16H,3,8H2,1-2H3,(H,15,19)(H,17,18). The van der Waals surface area contributed by atoms with Crippen LogP contribution in [0.2, 0.25) is 5.02 Å². The van der Waals surface area contributed by atoms with Crippen molar-refractivity contribution in [3.05, 3.63) is 29.3 Å². The molecule has 0 saturated heterocycles. The molecule has 0 fully saturated rings. The van der Waals surface area contributed by atoms with Crippen LogP contribution < -0.4 is 16.0 Å². The summed E-state index contributed by atoms with van der Waals surface area (Å²) in [7, 11) is 0. The van der Waals surface area contributed by atoms with Gasteiger partial charge in [-0.3, -0.25) is 9.59 Å². The summed E-state index contributed by atoms with van der Waals surface area (Å²) in [6, 6.07) is 6.59. The maximum absolute atomic E-state index is 11.7. The minimum Gasteiger partial charge on any atom is -0.375 e. The number of anilines is 1. The molecule has 0 saturated carbocycles. The van der Waals surface area contributed by atoms with E-state index in [9.17, 15) is 9.59 Å². The number of rotatable bonds is 6. The highest BCUT2D eigenvalue weighted by atomic mass is 35.5. The van der Waals surface area contributed by atoms with Crippen LogP contribution in [0.25, 0.3) is 0 Å². The molecule has 0 aliphatic rings. The van der Waals surface area contributed by atoms with Gasteiger partial charge in [0, 0.05) is 6.54 Å². The van der Waals surface area contributed by atoms with Crippen LogP contribution in [0.5, 0.6) is 0 Å². The Morgan fingerprint density at radius 3 is 2.63 bits per heavy atom. The highest BCUT2D eigenvalue weighted by molar-refractivity contribution is 6.33. The SMILES string of the molecule is CCNC(=O)C(C)NC(=O)CNc1ccccc1Cl. The molecule has 5 nitrogen and oxygen atoms in total. The number of nitrogens with one attached hydrogen (secondary N) is 3. The van der Waals surface area contributed by atoms with Crippen LogP contribution in [0.1, 0.15) is 13.8 Å². The first kappa shape index (κ1) is 15.3. The highest BCUT2D eigenvalue weighted by Gasteiger charge is 2.14. The summed E-state index contributed by atoms with van der Waals surface area (Å²) in [6.07, 6.45) is 0. The second kappa shape index (κ2) is 7.63. The Hall–Kier alpha value is -1.75. The van der Waals surface area contributed by atoms with Crippen molar-refractivity contribution < 1.29 is 9.59 Å². The Morgan fingerprint density at radius 2 is 2.00 bits per heavy atom. The van der Waals surface area contributed by atoms with Crippen LogP contribution in [0.4, 0.5) is 5.69 Å². The monoisotopic (exact) mass is 283 g/mol. The van der Waals surface area contributed by atoms with Crippen molar-refractivity contribution in [1.82, 2.24) is 10.6 Å². The quantitative estimate of drug-likeness (QED) is 0.739. The van der Waals surface area contributed by atoms with E-state index in [1.165, 1.54) is 0 Å². The first-order valence-corrected chi connectivity index (χ1v) is 6.48. The van der Waals surface area contributed by atoms with Gasteiger partial charge in [-0.2, -0.15) is 0 Å². The Kier molecular flexibility index (Phi) is 6.15. The molecule has 0 aliphatic heterocycles. The molecule has 6 heteroatoms. The molecule has 0 heterocycles. The zero-order valence-corrected chi connectivity index (χ0v) is 11.8. The summed E-state index contributed by atoms with van der Waals surface area (Å²) in [5, 5.41) is 8.70. The Balaban J connectivity index is 2.40. The molecule has 1 atom stereocenters.